The first-order valence-electron chi connectivity index (χ1n) is 8.97. The van der Waals surface area contributed by atoms with Crippen LogP contribution < -0.4 is 4.90 Å². The fourth-order valence-electron chi connectivity index (χ4n) is 4.07. The molecule has 0 saturated carbocycles. The van der Waals surface area contributed by atoms with E-state index in [-0.39, 0.29) is 11.8 Å². The van der Waals surface area contributed by atoms with Crippen molar-refractivity contribution in [3.63, 3.8) is 0 Å². The molecular weight excluding hydrogens is 300 g/mol. The van der Waals surface area contributed by atoms with E-state index in [2.05, 4.69) is 0 Å². The lowest BCUT2D eigenvalue weighted by Crippen LogP contribution is -3.12. The molecule has 2 aromatic rings. The number of hydrogen-bond acceptors (Lipinski definition) is 2. The molecule has 4 nitrogen and oxygen atoms in total. The minimum atomic E-state index is -0.141. The van der Waals surface area contributed by atoms with Crippen molar-refractivity contribution in [2.45, 2.75) is 25.7 Å². The molecule has 0 spiro atoms. The zero-order chi connectivity index (χ0) is 16.5. The van der Waals surface area contributed by atoms with Gasteiger partial charge in [-0.25, -0.2) is 0 Å². The number of likely N-dealkylation sites (tertiary alicyclic amines) is 1. The van der Waals surface area contributed by atoms with Crippen LogP contribution in [0, 0.1) is 0 Å². The number of amides is 2. The van der Waals surface area contributed by atoms with Gasteiger partial charge < -0.3 is 4.90 Å². The number of nitrogens with one attached hydrogen (secondary N) is 1. The van der Waals surface area contributed by atoms with E-state index in [1.54, 1.807) is 4.90 Å². The summed E-state index contributed by atoms with van der Waals surface area (Å²) in [6.45, 7) is 4.02. The Labute approximate surface area is 142 Å². The zero-order valence-corrected chi connectivity index (χ0v) is 13.9. The smallest absolute Gasteiger partial charge is 0.261 e. The molecule has 0 unspecified atom stereocenters. The number of piperidine rings is 1. The van der Waals surface area contributed by atoms with Crippen LogP contribution in [0.15, 0.2) is 36.4 Å². The van der Waals surface area contributed by atoms with E-state index in [0.717, 1.165) is 23.7 Å². The molecule has 4 heteroatoms. The Kier molecular flexibility index (Phi) is 4.07. The van der Waals surface area contributed by atoms with Crippen LogP contribution in [-0.4, -0.2) is 42.9 Å². The van der Waals surface area contributed by atoms with Crippen molar-refractivity contribution in [1.29, 1.82) is 0 Å². The first-order chi connectivity index (χ1) is 11.8. The van der Waals surface area contributed by atoms with Gasteiger partial charge in [0.05, 0.1) is 19.6 Å². The summed E-state index contributed by atoms with van der Waals surface area (Å²) in [6.07, 6.45) is 4.82. The molecule has 0 radical (unpaired) electrons. The fraction of sp³-hybridized carbons (Fsp3) is 0.400. The van der Waals surface area contributed by atoms with Crippen molar-refractivity contribution in [2.75, 3.05) is 26.2 Å². The van der Waals surface area contributed by atoms with Crippen molar-refractivity contribution in [1.82, 2.24) is 4.90 Å². The maximum Gasteiger partial charge on any atom is 0.261 e. The third-order valence-electron chi connectivity index (χ3n) is 5.33. The van der Waals surface area contributed by atoms with Gasteiger partial charge in [-0.1, -0.05) is 24.3 Å². The van der Waals surface area contributed by atoms with Crippen molar-refractivity contribution in [3.05, 3.63) is 47.5 Å². The third kappa shape index (κ3) is 2.61. The predicted octanol–water partition coefficient (Wildman–Crippen LogP) is 1.89. The minimum absolute atomic E-state index is 0.141. The number of carbonyl (C=O) groups excluding carboxylic acids is 2. The average Bonchev–Trinajstić information content (AvgIpc) is 2.63. The second-order valence-corrected chi connectivity index (χ2v) is 6.89. The Bertz CT molecular complexity index is 743. The van der Waals surface area contributed by atoms with Crippen molar-refractivity contribution >= 4 is 22.6 Å². The van der Waals surface area contributed by atoms with E-state index in [0.29, 0.717) is 17.7 Å². The Morgan fingerprint density at radius 2 is 1.50 bits per heavy atom. The second-order valence-electron chi connectivity index (χ2n) is 6.89. The standard InChI is InChI=1S/C20H22N2O2/c23-19-16-9-4-7-15-8-5-10-17(18(15)16)20(24)22(19)14-6-13-21-11-2-1-3-12-21/h4-5,7-10H,1-3,6,11-14H2/p+1. The maximum atomic E-state index is 12.8. The molecule has 2 aliphatic rings. The lowest BCUT2D eigenvalue weighted by atomic mass is 9.94. The predicted molar refractivity (Wildman–Crippen MR) is 93.3 cm³/mol. The Morgan fingerprint density at radius 3 is 2.12 bits per heavy atom. The largest absolute Gasteiger partial charge is 0.335 e. The van der Waals surface area contributed by atoms with Gasteiger partial charge in [-0.05, 0) is 36.8 Å². The molecule has 24 heavy (non-hydrogen) atoms. The summed E-state index contributed by atoms with van der Waals surface area (Å²) in [5.74, 6) is -0.282. The van der Waals surface area contributed by atoms with Gasteiger partial charge in [-0.15, -0.1) is 0 Å². The molecule has 1 fully saturated rings. The Hall–Kier alpha value is -2.20. The summed E-state index contributed by atoms with van der Waals surface area (Å²) in [5, 5.41) is 1.78. The van der Waals surface area contributed by atoms with Gasteiger partial charge in [0.15, 0.2) is 0 Å². The quantitative estimate of drug-likeness (QED) is 0.873. The number of hydrogen-bond donors (Lipinski definition) is 1. The van der Waals surface area contributed by atoms with Crippen LogP contribution >= 0.6 is 0 Å². The van der Waals surface area contributed by atoms with Gasteiger partial charge in [0, 0.05) is 29.5 Å². The highest BCUT2D eigenvalue weighted by atomic mass is 16.2. The monoisotopic (exact) mass is 323 g/mol. The SMILES string of the molecule is O=C1c2cccc3cccc(c23)C(=O)N1CCC[NH+]1CCCCC1. The van der Waals surface area contributed by atoms with Crippen molar-refractivity contribution in [2.24, 2.45) is 0 Å². The number of quaternary nitrogens is 1. The normalized spacial score (nSPS) is 18.4. The topological polar surface area (TPSA) is 41.8 Å². The first-order valence-corrected chi connectivity index (χ1v) is 8.97. The number of imide groups is 1. The Balaban J connectivity index is 1.53. The highest BCUT2D eigenvalue weighted by Gasteiger charge is 2.32. The van der Waals surface area contributed by atoms with E-state index in [1.807, 2.05) is 36.4 Å². The average molecular weight is 323 g/mol. The van der Waals surface area contributed by atoms with Crippen molar-refractivity contribution < 1.29 is 14.5 Å². The van der Waals surface area contributed by atoms with Crippen LogP contribution in [0.2, 0.25) is 0 Å². The van der Waals surface area contributed by atoms with E-state index >= 15 is 0 Å². The highest BCUT2D eigenvalue weighted by molar-refractivity contribution is 6.25. The van der Waals surface area contributed by atoms with Crippen LogP contribution in [0.25, 0.3) is 10.8 Å². The van der Waals surface area contributed by atoms with Crippen LogP contribution in [0.4, 0.5) is 0 Å². The number of rotatable bonds is 4. The number of benzene rings is 2. The summed E-state index contributed by atoms with van der Waals surface area (Å²) < 4.78 is 0. The van der Waals surface area contributed by atoms with E-state index in [9.17, 15) is 9.59 Å². The molecule has 2 aliphatic heterocycles. The first kappa shape index (κ1) is 15.3. The molecule has 1 N–H and O–H groups in total. The molecule has 0 bridgehead atoms. The van der Waals surface area contributed by atoms with E-state index in [4.69, 9.17) is 0 Å². The second kappa shape index (κ2) is 6.36. The number of carbonyl (C=O) groups is 2. The minimum Gasteiger partial charge on any atom is -0.335 e. The molecular formula is C20H23N2O2+. The maximum absolute atomic E-state index is 12.8. The molecule has 1 saturated heterocycles. The van der Waals surface area contributed by atoms with E-state index < -0.39 is 0 Å². The van der Waals surface area contributed by atoms with Gasteiger partial charge in [0.25, 0.3) is 11.8 Å². The van der Waals surface area contributed by atoms with Crippen LogP contribution in [0.5, 0.6) is 0 Å². The summed E-state index contributed by atoms with van der Waals surface area (Å²) in [6, 6.07) is 11.4. The van der Waals surface area contributed by atoms with Gasteiger partial charge in [-0.3, -0.25) is 14.5 Å². The summed E-state index contributed by atoms with van der Waals surface area (Å²) in [5.41, 5.74) is 1.32. The third-order valence-corrected chi connectivity index (χ3v) is 5.33. The van der Waals surface area contributed by atoms with Crippen molar-refractivity contribution in [3.8, 4) is 0 Å². The fourth-order valence-corrected chi connectivity index (χ4v) is 4.07. The van der Waals surface area contributed by atoms with Crippen LogP contribution in [0.1, 0.15) is 46.4 Å². The van der Waals surface area contributed by atoms with Crippen LogP contribution in [0.3, 0.4) is 0 Å². The van der Waals surface area contributed by atoms with Gasteiger partial charge in [-0.2, -0.15) is 0 Å². The zero-order valence-electron chi connectivity index (χ0n) is 13.9. The van der Waals surface area contributed by atoms with Gasteiger partial charge in [0.1, 0.15) is 0 Å². The molecule has 0 aromatic heterocycles. The molecule has 0 aliphatic carbocycles. The van der Waals surface area contributed by atoms with Gasteiger partial charge in [0.2, 0.25) is 0 Å². The van der Waals surface area contributed by atoms with Crippen LogP contribution in [-0.2, 0) is 0 Å². The summed E-state index contributed by atoms with van der Waals surface area (Å²) in [7, 11) is 0. The molecule has 124 valence electrons. The molecule has 2 heterocycles. The molecule has 0 atom stereocenters. The number of nitrogens with zero attached hydrogens (tertiary/aromatic N) is 1. The molecule has 4 rings (SSSR count). The highest BCUT2D eigenvalue weighted by Crippen LogP contribution is 2.29. The molecule has 2 aromatic carbocycles. The van der Waals surface area contributed by atoms with E-state index in [1.165, 1.54) is 37.3 Å². The lowest BCUT2D eigenvalue weighted by Gasteiger charge is -2.28. The summed E-state index contributed by atoms with van der Waals surface area (Å²) in [4.78, 5) is 28.6. The van der Waals surface area contributed by atoms with Gasteiger partial charge >= 0.3 is 0 Å². The Morgan fingerprint density at radius 1 is 0.875 bits per heavy atom. The lowest BCUT2D eigenvalue weighted by molar-refractivity contribution is -0.905. The summed E-state index contributed by atoms with van der Waals surface area (Å²) >= 11 is 0. The molecule has 2 amide bonds.